The minimum Gasteiger partial charge on any atom is -0.394 e. The summed E-state index contributed by atoms with van der Waals surface area (Å²) in [5, 5.41) is 15.9. The monoisotopic (exact) mass is 437 g/mol. The third kappa shape index (κ3) is 3.46. The number of carbonyl (C=O) groups excluding carboxylic acids is 3. The lowest BCUT2D eigenvalue weighted by Gasteiger charge is -2.39. The van der Waals surface area contributed by atoms with Crippen LogP contribution in [0.5, 0.6) is 0 Å². The van der Waals surface area contributed by atoms with Crippen molar-refractivity contribution in [2.45, 2.75) is 96.1 Å². The van der Waals surface area contributed by atoms with E-state index >= 15 is 0 Å². The predicted octanol–water partition coefficient (Wildman–Crippen LogP) is 1.21. The van der Waals surface area contributed by atoms with Crippen LogP contribution in [-0.2, 0) is 19.1 Å². The van der Waals surface area contributed by atoms with Crippen LogP contribution in [0, 0.1) is 17.8 Å². The number of nitrogens with one attached hydrogen (secondary N) is 2. The van der Waals surface area contributed by atoms with Crippen LogP contribution in [0.15, 0.2) is 0 Å². The van der Waals surface area contributed by atoms with E-state index in [0.29, 0.717) is 19.3 Å². The van der Waals surface area contributed by atoms with Crippen LogP contribution in [0.25, 0.3) is 0 Å². The molecule has 3 unspecified atom stereocenters. The number of carbonyl (C=O) groups is 3. The molecule has 176 valence electrons. The summed E-state index contributed by atoms with van der Waals surface area (Å²) in [4.78, 5) is 42.0. The summed E-state index contributed by atoms with van der Waals surface area (Å²) in [5.74, 6) is -2.12. The van der Waals surface area contributed by atoms with Crippen LogP contribution in [-0.4, -0.2) is 70.7 Å². The first-order chi connectivity index (χ1) is 14.6. The summed E-state index contributed by atoms with van der Waals surface area (Å²) in [5.41, 5.74) is -1.77. The molecule has 0 aliphatic carbocycles. The van der Waals surface area contributed by atoms with E-state index in [9.17, 15) is 19.5 Å². The first kappa shape index (κ1) is 24.0. The lowest BCUT2D eigenvalue weighted by molar-refractivity contribution is -0.152. The van der Waals surface area contributed by atoms with Crippen molar-refractivity contribution in [3.8, 4) is 0 Å². The Kier molecular flexibility index (Phi) is 6.73. The first-order valence-electron chi connectivity index (χ1n) is 11.8. The maximum atomic E-state index is 13.9. The van der Waals surface area contributed by atoms with Gasteiger partial charge >= 0.3 is 0 Å². The quantitative estimate of drug-likeness (QED) is 0.503. The van der Waals surface area contributed by atoms with E-state index in [4.69, 9.17) is 4.74 Å². The van der Waals surface area contributed by atoms with Crippen LogP contribution in [0.3, 0.4) is 0 Å². The third-order valence-electron chi connectivity index (χ3n) is 7.82. The SMILES string of the molecule is CCCC(C)NC(=O)C1N([C@@H](CO)C(C)C)C(=O)[C@@H]2[C@@H](C(=O)NC)[C@@]3(CC)CCC12O3. The smallest absolute Gasteiger partial charge is 0.246 e. The minimum atomic E-state index is -1.04. The molecule has 3 N–H and O–H groups in total. The molecule has 3 aliphatic heterocycles. The van der Waals surface area contributed by atoms with Crippen LogP contribution in [0.4, 0.5) is 0 Å². The molecule has 3 amide bonds. The Labute approximate surface area is 185 Å². The predicted molar refractivity (Wildman–Crippen MR) is 116 cm³/mol. The Morgan fingerprint density at radius 2 is 1.90 bits per heavy atom. The van der Waals surface area contributed by atoms with E-state index in [-0.39, 0.29) is 36.3 Å². The number of hydrogen-bond acceptors (Lipinski definition) is 5. The van der Waals surface area contributed by atoms with Gasteiger partial charge in [-0.25, -0.2) is 0 Å². The van der Waals surface area contributed by atoms with E-state index in [2.05, 4.69) is 17.6 Å². The number of hydrogen-bond donors (Lipinski definition) is 3. The van der Waals surface area contributed by atoms with Gasteiger partial charge in [0, 0.05) is 13.1 Å². The van der Waals surface area contributed by atoms with Gasteiger partial charge in [-0.05, 0) is 38.5 Å². The summed E-state index contributed by atoms with van der Waals surface area (Å²) in [7, 11) is 1.57. The number of amides is 3. The van der Waals surface area contributed by atoms with Gasteiger partial charge in [0.2, 0.25) is 17.7 Å². The molecule has 7 atom stereocenters. The van der Waals surface area contributed by atoms with Crippen LogP contribution in [0.1, 0.15) is 66.7 Å². The summed E-state index contributed by atoms with van der Waals surface area (Å²) in [6, 6.07) is -1.41. The standard InChI is InChI=1S/C23H39N3O5/c1-7-9-14(5)25-20(29)18-23-11-10-22(8-2,31-23)16(19(28)24-6)17(23)21(30)26(18)15(12-27)13(3)4/h13-18,27H,7-12H2,1-6H3,(H,24,28)(H,25,29)/t14?,15-,16-,17-,18?,22+,23?/m0/s1. The fourth-order valence-electron chi connectivity index (χ4n) is 6.31. The summed E-state index contributed by atoms with van der Waals surface area (Å²) in [6.45, 7) is 9.60. The van der Waals surface area contributed by atoms with Crippen molar-refractivity contribution in [3.05, 3.63) is 0 Å². The Hall–Kier alpha value is -1.67. The van der Waals surface area contributed by atoms with Gasteiger partial charge in [-0.15, -0.1) is 0 Å². The molecule has 0 radical (unpaired) electrons. The van der Waals surface area contributed by atoms with E-state index in [1.54, 1.807) is 11.9 Å². The molecule has 3 saturated heterocycles. The highest BCUT2D eigenvalue weighted by molar-refractivity contribution is 5.99. The zero-order valence-corrected chi connectivity index (χ0v) is 19.7. The Balaban J connectivity index is 2.10. The number of nitrogens with zero attached hydrogens (tertiary/aromatic N) is 1. The highest BCUT2D eigenvalue weighted by Gasteiger charge is 2.79. The zero-order chi connectivity index (χ0) is 23.1. The molecule has 2 bridgehead atoms. The summed E-state index contributed by atoms with van der Waals surface area (Å²) in [6.07, 6.45) is 3.56. The van der Waals surface area contributed by atoms with E-state index in [1.807, 2.05) is 27.7 Å². The summed E-state index contributed by atoms with van der Waals surface area (Å²) >= 11 is 0. The second-order valence-electron chi connectivity index (χ2n) is 9.89. The number of aliphatic hydroxyl groups is 1. The van der Waals surface area contributed by atoms with Gasteiger partial charge in [0.15, 0.2) is 0 Å². The van der Waals surface area contributed by atoms with Crippen LogP contribution >= 0.6 is 0 Å². The van der Waals surface area contributed by atoms with E-state index in [0.717, 1.165) is 12.8 Å². The molecule has 1 spiro atoms. The second-order valence-corrected chi connectivity index (χ2v) is 9.89. The van der Waals surface area contributed by atoms with Gasteiger partial charge in [0.25, 0.3) is 0 Å². The lowest BCUT2D eigenvalue weighted by atomic mass is 9.65. The highest BCUT2D eigenvalue weighted by Crippen LogP contribution is 2.64. The van der Waals surface area contributed by atoms with Crippen molar-refractivity contribution >= 4 is 17.7 Å². The number of ether oxygens (including phenoxy) is 1. The molecule has 3 aliphatic rings. The van der Waals surface area contributed by atoms with Gasteiger partial charge in [0.05, 0.1) is 30.1 Å². The largest absolute Gasteiger partial charge is 0.394 e. The van der Waals surface area contributed by atoms with Gasteiger partial charge < -0.3 is 25.4 Å². The van der Waals surface area contributed by atoms with Crippen LogP contribution < -0.4 is 10.6 Å². The second kappa shape index (κ2) is 8.70. The molecule has 3 rings (SSSR count). The molecular formula is C23H39N3O5. The molecule has 8 heteroatoms. The van der Waals surface area contributed by atoms with Crippen LogP contribution in [0.2, 0.25) is 0 Å². The first-order valence-corrected chi connectivity index (χ1v) is 11.8. The molecule has 3 heterocycles. The van der Waals surface area contributed by atoms with Gasteiger partial charge in [-0.2, -0.15) is 0 Å². The van der Waals surface area contributed by atoms with E-state index in [1.165, 1.54) is 0 Å². The molecule has 31 heavy (non-hydrogen) atoms. The number of likely N-dealkylation sites (tertiary alicyclic amines) is 1. The fraction of sp³-hybridized carbons (Fsp3) is 0.870. The number of rotatable bonds is 9. The van der Waals surface area contributed by atoms with Crippen molar-refractivity contribution in [2.75, 3.05) is 13.7 Å². The maximum Gasteiger partial charge on any atom is 0.246 e. The van der Waals surface area contributed by atoms with Crippen molar-refractivity contribution in [1.29, 1.82) is 0 Å². The zero-order valence-electron chi connectivity index (χ0n) is 19.7. The molecule has 8 nitrogen and oxygen atoms in total. The molecule has 3 fully saturated rings. The summed E-state index contributed by atoms with van der Waals surface area (Å²) < 4.78 is 6.64. The normalized spacial score (nSPS) is 35.9. The topological polar surface area (TPSA) is 108 Å². The molecular weight excluding hydrogens is 398 g/mol. The highest BCUT2D eigenvalue weighted by atomic mass is 16.5. The Morgan fingerprint density at radius 1 is 1.23 bits per heavy atom. The van der Waals surface area contributed by atoms with Crippen molar-refractivity contribution in [3.63, 3.8) is 0 Å². The molecule has 0 aromatic heterocycles. The lowest BCUT2D eigenvalue weighted by Crippen LogP contribution is -2.59. The molecule has 0 saturated carbocycles. The maximum absolute atomic E-state index is 13.9. The van der Waals surface area contributed by atoms with Crippen molar-refractivity contribution < 1.29 is 24.2 Å². The van der Waals surface area contributed by atoms with Gasteiger partial charge in [-0.3, -0.25) is 14.4 Å². The van der Waals surface area contributed by atoms with Crippen molar-refractivity contribution in [1.82, 2.24) is 15.5 Å². The molecule has 0 aromatic rings. The number of aliphatic hydroxyl groups excluding tert-OH is 1. The average molecular weight is 438 g/mol. The van der Waals surface area contributed by atoms with Crippen molar-refractivity contribution in [2.24, 2.45) is 17.8 Å². The minimum absolute atomic E-state index is 0.0370. The number of fused-ring (bicyclic) bond motifs is 1. The molecule has 0 aromatic carbocycles. The van der Waals surface area contributed by atoms with Gasteiger partial charge in [0.1, 0.15) is 11.6 Å². The Bertz CT molecular complexity index is 728. The average Bonchev–Trinajstić information content (AvgIpc) is 3.32. The third-order valence-corrected chi connectivity index (χ3v) is 7.82. The van der Waals surface area contributed by atoms with Gasteiger partial charge in [-0.1, -0.05) is 34.1 Å². The Morgan fingerprint density at radius 3 is 2.42 bits per heavy atom. The van der Waals surface area contributed by atoms with E-state index < -0.39 is 35.1 Å². The fourth-order valence-corrected chi connectivity index (χ4v) is 6.31.